The van der Waals surface area contributed by atoms with Crippen LogP contribution >= 0.6 is 0 Å². The number of benzene rings is 2. The molecule has 0 bridgehead atoms. The maximum absolute atomic E-state index is 5.84. The van der Waals surface area contributed by atoms with Gasteiger partial charge in [0, 0.05) is 17.4 Å². The molecule has 1 saturated heterocycles. The number of methoxy groups -OCH3 is 2. The van der Waals surface area contributed by atoms with Crippen molar-refractivity contribution in [2.45, 2.75) is 45.1 Å². The van der Waals surface area contributed by atoms with Crippen LogP contribution in [0.15, 0.2) is 30.5 Å². The van der Waals surface area contributed by atoms with E-state index in [-0.39, 0.29) is 0 Å². The third-order valence-electron chi connectivity index (χ3n) is 7.59. The largest absolute Gasteiger partial charge is 0.493 e. The van der Waals surface area contributed by atoms with E-state index >= 15 is 0 Å². The number of aryl methyl sites for hydroxylation is 3. The van der Waals surface area contributed by atoms with Crippen molar-refractivity contribution in [2.75, 3.05) is 40.6 Å². The van der Waals surface area contributed by atoms with Crippen LogP contribution in [0.2, 0.25) is 0 Å². The molecule has 3 aromatic rings. The molecule has 178 valence electrons. The Morgan fingerprint density at radius 2 is 1.79 bits per heavy atom. The summed E-state index contributed by atoms with van der Waals surface area (Å²) >= 11 is 0. The Morgan fingerprint density at radius 1 is 0.971 bits per heavy atom. The molecule has 0 N–H and O–H groups in total. The Morgan fingerprint density at radius 3 is 2.59 bits per heavy atom. The number of fused-ring (bicyclic) bond motifs is 5. The first-order valence-electron chi connectivity index (χ1n) is 12.5. The zero-order valence-electron chi connectivity index (χ0n) is 20.2. The number of ether oxygens (including phenoxy) is 4. The van der Waals surface area contributed by atoms with Gasteiger partial charge in [-0.05, 0) is 75.1 Å². The number of hydrogen-bond acceptors (Lipinski definition) is 5. The summed E-state index contributed by atoms with van der Waals surface area (Å²) in [6, 6.07) is 8.60. The van der Waals surface area contributed by atoms with Crippen LogP contribution in [0.4, 0.5) is 0 Å². The van der Waals surface area contributed by atoms with Crippen molar-refractivity contribution in [3.8, 4) is 34.3 Å². The number of hydrogen-bond donors (Lipinski definition) is 0. The summed E-state index contributed by atoms with van der Waals surface area (Å²) in [5.41, 5.74) is 5.29. The topological polar surface area (TPSA) is 44.0 Å². The molecule has 4 heterocycles. The van der Waals surface area contributed by atoms with Gasteiger partial charge >= 0.3 is 0 Å². The number of pyridine rings is 1. The molecule has 3 aliphatic rings. The van der Waals surface area contributed by atoms with Gasteiger partial charge in [0.15, 0.2) is 35.7 Å². The van der Waals surface area contributed by atoms with Crippen molar-refractivity contribution in [1.29, 1.82) is 0 Å². The van der Waals surface area contributed by atoms with Crippen LogP contribution in [0, 0.1) is 0 Å². The predicted molar refractivity (Wildman–Crippen MR) is 131 cm³/mol. The SMILES string of the molecule is COc1ccc2c(CCCN3CCCCC3)c3[n+](cc2c1OC)CCc1cc2c(cc1-3)OCO2. The highest BCUT2D eigenvalue weighted by atomic mass is 16.7. The van der Waals surface area contributed by atoms with Crippen LogP contribution < -0.4 is 23.5 Å². The molecule has 1 aromatic heterocycles. The number of aromatic nitrogens is 1. The maximum atomic E-state index is 5.84. The first-order valence-corrected chi connectivity index (χ1v) is 12.5. The van der Waals surface area contributed by atoms with Crippen LogP contribution in [0.25, 0.3) is 22.0 Å². The zero-order valence-corrected chi connectivity index (χ0v) is 20.2. The highest BCUT2D eigenvalue weighted by Crippen LogP contribution is 2.43. The second-order valence-corrected chi connectivity index (χ2v) is 9.53. The van der Waals surface area contributed by atoms with Crippen LogP contribution in [0.1, 0.15) is 36.8 Å². The fourth-order valence-corrected chi connectivity index (χ4v) is 5.92. The van der Waals surface area contributed by atoms with Gasteiger partial charge in [0.05, 0.1) is 25.2 Å². The maximum Gasteiger partial charge on any atom is 0.231 e. The summed E-state index contributed by atoms with van der Waals surface area (Å²) in [4.78, 5) is 2.63. The summed E-state index contributed by atoms with van der Waals surface area (Å²) in [7, 11) is 3.43. The highest BCUT2D eigenvalue weighted by Gasteiger charge is 2.32. The lowest BCUT2D eigenvalue weighted by Gasteiger charge is -2.26. The van der Waals surface area contributed by atoms with E-state index in [0.717, 1.165) is 60.7 Å². The molecular weight excluding hydrogens is 428 g/mol. The van der Waals surface area contributed by atoms with Crippen molar-refractivity contribution < 1.29 is 23.5 Å². The normalized spacial score (nSPS) is 16.9. The van der Waals surface area contributed by atoms with Crippen LogP contribution in [0.5, 0.6) is 23.0 Å². The van der Waals surface area contributed by atoms with E-state index in [0.29, 0.717) is 6.79 Å². The van der Waals surface area contributed by atoms with Gasteiger partial charge in [-0.1, -0.05) is 6.42 Å². The van der Waals surface area contributed by atoms with E-state index in [9.17, 15) is 0 Å². The van der Waals surface area contributed by atoms with Crippen molar-refractivity contribution in [3.63, 3.8) is 0 Å². The van der Waals surface area contributed by atoms with E-state index in [4.69, 9.17) is 18.9 Å². The van der Waals surface area contributed by atoms with E-state index in [1.165, 1.54) is 60.1 Å². The highest BCUT2D eigenvalue weighted by molar-refractivity contribution is 5.95. The molecule has 0 amide bonds. The molecule has 6 heteroatoms. The Hall–Kier alpha value is -2.99. The molecular formula is C28H33N2O4+. The van der Waals surface area contributed by atoms with Gasteiger partial charge < -0.3 is 23.8 Å². The van der Waals surface area contributed by atoms with Gasteiger partial charge in [-0.25, -0.2) is 0 Å². The van der Waals surface area contributed by atoms with Crippen molar-refractivity contribution in [2.24, 2.45) is 0 Å². The standard InChI is InChI=1S/C28H33N2O4/c1-31-24-9-8-20-21(7-6-13-29-11-4-3-5-12-29)27-22-16-26-25(33-18-34-26)15-19(22)10-14-30(27)17-23(20)28(24)32-2/h8-9,15-17H,3-7,10-14,18H2,1-2H3/q+1. The van der Waals surface area contributed by atoms with Gasteiger partial charge in [0.25, 0.3) is 0 Å². The van der Waals surface area contributed by atoms with E-state index in [1.807, 2.05) is 6.07 Å². The van der Waals surface area contributed by atoms with Gasteiger partial charge in [-0.15, -0.1) is 0 Å². The van der Waals surface area contributed by atoms with Crippen molar-refractivity contribution >= 4 is 10.8 Å². The summed E-state index contributed by atoms with van der Waals surface area (Å²) in [6.07, 6.45) is 9.40. The lowest BCUT2D eigenvalue weighted by molar-refractivity contribution is -0.686. The molecule has 0 atom stereocenters. The number of likely N-dealkylation sites (tertiary alicyclic amines) is 1. The second-order valence-electron chi connectivity index (χ2n) is 9.53. The van der Waals surface area contributed by atoms with Gasteiger partial charge in [0.1, 0.15) is 0 Å². The predicted octanol–water partition coefficient (Wildman–Crippen LogP) is 4.51. The van der Waals surface area contributed by atoms with E-state index in [1.54, 1.807) is 14.2 Å². The average Bonchev–Trinajstić information content (AvgIpc) is 3.34. The average molecular weight is 462 g/mol. The van der Waals surface area contributed by atoms with Crippen molar-refractivity contribution in [1.82, 2.24) is 4.90 Å². The molecule has 6 rings (SSSR count). The molecule has 0 saturated carbocycles. The Kier molecular flexibility index (Phi) is 5.69. The monoisotopic (exact) mass is 461 g/mol. The lowest BCUT2D eigenvalue weighted by Crippen LogP contribution is -2.41. The van der Waals surface area contributed by atoms with Crippen LogP contribution in [0.3, 0.4) is 0 Å². The number of piperidine rings is 1. The summed E-state index contributed by atoms with van der Waals surface area (Å²) in [5, 5.41) is 2.36. The van der Waals surface area contributed by atoms with Crippen LogP contribution in [-0.2, 0) is 19.4 Å². The molecule has 0 radical (unpaired) electrons. The van der Waals surface area contributed by atoms with E-state index < -0.39 is 0 Å². The van der Waals surface area contributed by atoms with Gasteiger partial charge in [-0.2, -0.15) is 4.57 Å². The first-order chi connectivity index (χ1) is 16.8. The Labute approximate surface area is 201 Å². The summed E-state index contributed by atoms with van der Waals surface area (Å²) < 4.78 is 25.3. The molecule has 0 spiro atoms. The number of nitrogens with zero attached hydrogens (tertiary/aromatic N) is 2. The van der Waals surface area contributed by atoms with Crippen molar-refractivity contribution in [3.05, 3.63) is 41.6 Å². The first kappa shape index (κ1) is 21.5. The van der Waals surface area contributed by atoms with Gasteiger partial charge in [-0.3, -0.25) is 0 Å². The lowest BCUT2D eigenvalue weighted by atomic mass is 9.89. The minimum atomic E-state index is 0.301. The minimum absolute atomic E-state index is 0.301. The Balaban J connectivity index is 1.48. The summed E-state index contributed by atoms with van der Waals surface area (Å²) in [5.74, 6) is 3.29. The fourth-order valence-electron chi connectivity index (χ4n) is 5.92. The fraction of sp³-hybridized carbons (Fsp3) is 0.464. The van der Waals surface area contributed by atoms with E-state index in [2.05, 4.69) is 33.9 Å². The quantitative estimate of drug-likeness (QED) is 0.505. The third-order valence-corrected chi connectivity index (χ3v) is 7.59. The third kappa shape index (κ3) is 3.65. The molecule has 0 aliphatic carbocycles. The molecule has 3 aliphatic heterocycles. The zero-order chi connectivity index (χ0) is 23.1. The molecule has 1 fully saturated rings. The van der Waals surface area contributed by atoms with Gasteiger partial charge in [0.2, 0.25) is 12.5 Å². The number of rotatable bonds is 6. The molecule has 6 nitrogen and oxygen atoms in total. The molecule has 34 heavy (non-hydrogen) atoms. The Bertz CT molecular complexity index is 1230. The van der Waals surface area contributed by atoms with Crippen LogP contribution in [-0.4, -0.2) is 45.5 Å². The molecule has 2 aromatic carbocycles. The summed E-state index contributed by atoms with van der Waals surface area (Å²) in [6.45, 7) is 4.85. The second kappa shape index (κ2) is 8.99. The minimum Gasteiger partial charge on any atom is -0.493 e. The smallest absolute Gasteiger partial charge is 0.231 e. The molecule has 0 unspecified atom stereocenters.